The zero-order valence-corrected chi connectivity index (χ0v) is 8.82. The van der Waals surface area contributed by atoms with Crippen molar-refractivity contribution < 1.29 is 14.3 Å². The zero-order valence-electron chi connectivity index (χ0n) is 8.82. The van der Waals surface area contributed by atoms with Gasteiger partial charge in [-0.3, -0.25) is 9.59 Å². The predicted molar refractivity (Wildman–Crippen MR) is 51.5 cm³/mol. The Morgan fingerprint density at radius 3 is 2.50 bits per heavy atom. The molecule has 1 fully saturated rings. The average molecular weight is 199 g/mol. The Morgan fingerprint density at radius 1 is 1.57 bits per heavy atom. The summed E-state index contributed by atoms with van der Waals surface area (Å²) in [7, 11) is 0. The summed E-state index contributed by atoms with van der Waals surface area (Å²) in [5, 5.41) is 0. The Balaban J connectivity index is 2.44. The molecule has 0 aliphatic carbocycles. The number of esters is 1. The number of rotatable bonds is 4. The van der Waals surface area contributed by atoms with Crippen LogP contribution >= 0.6 is 0 Å². The van der Waals surface area contributed by atoms with Gasteiger partial charge in [0.1, 0.15) is 12.0 Å². The molecule has 2 N–H and O–H groups in total. The van der Waals surface area contributed by atoms with E-state index in [0.717, 1.165) is 0 Å². The number of carbonyl (C=O) groups excluding carboxylic acids is 2. The van der Waals surface area contributed by atoms with Crippen LogP contribution in [0.15, 0.2) is 0 Å². The second kappa shape index (κ2) is 4.09. The van der Waals surface area contributed by atoms with Gasteiger partial charge in [0.2, 0.25) is 0 Å². The summed E-state index contributed by atoms with van der Waals surface area (Å²) < 4.78 is 4.76. The van der Waals surface area contributed by atoms with Gasteiger partial charge in [-0.15, -0.1) is 0 Å². The predicted octanol–water partition coefficient (Wildman–Crippen LogP) is 0.490. The van der Waals surface area contributed by atoms with Crippen LogP contribution < -0.4 is 5.73 Å². The Morgan fingerprint density at radius 2 is 2.14 bits per heavy atom. The molecule has 1 aliphatic heterocycles. The third kappa shape index (κ3) is 2.12. The minimum Gasteiger partial charge on any atom is -0.461 e. The molecule has 1 saturated heterocycles. The monoisotopic (exact) mass is 199 g/mol. The van der Waals surface area contributed by atoms with Crippen molar-refractivity contribution in [1.82, 2.24) is 0 Å². The zero-order chi connectivity index (χ0) is 10.9. The third-order valence-corrected chi connectivity index (χ3v) is 2.68. The van der Waals surface area contributed by atoms with Crippen LogP contribution in [0.1, 0.15) is 27.2 Å². The minimum atomic E-state index is -0.462. The first-order valence-corrected chi connectivity index (χ1v) is 4.92. The van der Waals surface area contributed by atoms with E-state index in [2.05, 4.69) is 0 Å². The van der Waals surface area contributed by atoms with Gasteiger partial charge in [-0.2, -0.15) is 0 Å². The summed E-state index contributed by atoms with van der Waals surface area (Å²) in [6.07, 6.45) is 0.0881. The topological polar surface area (TPSA) is 69.4 Å². The van der Waals surface area contributed by atoms with E-state index in [1.165, 1.54) is 0 Å². The molecule has 0 aromatic carbocycles. The normalized spacial score (nSPS) is 28.2. The first-order chi connectivity index (χ1) is 6.43. The lowest BCUT2D eigenvalue weighted by Crippen LogP contribution is -2.47. The van der Waals surface area contributed by atoms with Gasteiger partial charge in [-0.25, -0.2) is 0 Å². The van der Waals surface area contributed by atoms with E-state index < -0.39 is 6.04 Å². The van der Waals surface area contributed by atoms with Crippen molar-refractivity contribution >= 4 is 11.8 Å². The number of Topliss-reactive ketones (excluding diaryl/α,β-unsaturated/α-hetero) is 1. The van der Waals surface area contributed by atoms with Crippen molar-refractivity contribution in [2.75, 3.05) is 0 Å². The lowest BCUT2D eigenvalue weighted by atomic mass is 9.88. The van der Waals surface area contributed by atoms with Gasteiger partial charge >= 0.3 is 5.97 Å². The van der Waals surface area contributed by atoms with Crippen molar-refractivity contribution in [1.29, 1.82) is 0 Å². The lowest BCUT2D eigenvalue weighted by Gasteiger charge is -2.32. The Bertz CT molecular complexity index is 250. The van der Waals surface area contributed by atoms with E-state index in [0.29, 0.717) is 0 Å². The van der Waals surface area contributed by atoms with Crippen molar-refractivity contribution in [3.05, 3.63) is 0 Å². The molecule has 0 spiro atoms. The molecule has 4 heteroatoms. The Labute approximate surface area is 83.8 Å². The SMILES string of the molecule is CC(C)[C@H](N)C(=O)C[C@@H]1C(=O)O[C@@H]1C. The minimum absolute atomic E-state index is 0.0477. The van der Waals surface area contributed by atoms with Crippen molar-refractivity contribution in [2.24, 2.45) is 17.6 Å². The van der Waals surface area contributed by atoms with Crippen LogP contribution in [0.25, 0.3) is 0 Å². The molecule has 3 atom stereocenters. The van der Waals surface area contributed by atoms with E-state index in [1.807, 2.05) is 13.8 Å². The summed E-state index contributed by atoms with van der Waals surface area (Å²) in [4.78, 5) is 22.5. The van der Waals surface area contributed by atoms with E-state index >= 15 is 0 Å². The fourth-order valence-electron chi connectivity index (χ4n) is 1.45. The maximum atomic E-state index is 11.5. The van der Waals surface area contributed by atoms with Crippen LogP contribution in [-0.2, 0) is 14.3 Å². The van der Waals surface area contributed by atoms with Gasteiger partial charge in [0.05, 0.1) is 6.04 Å². The van der Waals surface area contributed by atoms with Crippen LogP contribution in [0.5, 0.6) is 0 Å². The highest BCUT2D eigenvalue weighted by Gasteiger charge is 2.41. The summed E-state index contributed by atoms with van der Waals surface area (Å²) in [6.45, 7) is 5.58. The van der Waals surface area contributed by atoms with E-state index in [1.54, 1.807) is 6.92 Å². The molecular weight excluding hydrogens is 182 g/mol. The van der Waals surface area contributed by atoms with E-state index in [9.17, 15) is 9.59 Å². The highest BCUT2D eigenvalue weighted by molar-refractivity contribution is 5.90. The molecule has 0 aromatic heterocycles. The van der Waals surface area contributed by atoms with E-state index in [4.69, 9.17) is 10.5 Å². The third-order valence-electron chi connectivity index (χ3n) is 2.68. The van der Waals surface area contributed by atoms with Gasteiger partial charge < -0.3 is 10.5 Å². The molecule has 1 rings (SSSR count). The van der Waals surface area contributed by atoms with Crippen LogP contribution in [0, 0.1) is 11.8 Å². The number of hydrogen-bond donors (Lipinski definition) is 1. The first kappa shape index (κ1) is 11.2. The number of cyclic esters (lactones) is 1. The quantitative estimate of drug-likeness (QED) is 0.669. The van der Waals surface area contributed by atoms with Crippen molar-refractivity contribution in [3.8, 4) is 0 Å². The standard InChI is InChI=1S/C10H17NO3/c1-5(2)9(11)8(12)4-7-6(3)14-10(7)13/h5-7,9H,4,11H2,1-3H3/t6-,7+,9+/m1/s1. The first-order valence-electron chi connectivity index (χ1n) is 4.92. The van der Waals surface area contributed by atoms with Crippen LogP contribution in [0.2, 0.25) is 0 Å². The van der Waals surface area contributed by atoms with Crippen LogP contribution in [0.3, 0.4) is 0 Å². The van der Waals surface area contributed by atoms with Gasteiger partial charge in [0.15, 0.2) is 5.78 Å². The molecule has 0 unspecified atom stereocenters. The Kier molecular flexibility index (Phi) is 3.26. The van der Waals surface area contributed by atoms with Crippen LogP contribution in [-0.4, -0.2) is 23.9 Å². The Hall–Kier alpha value is -0.900. The molecule has 80 valence electrons. The lowest BCUT2D eigenvalue weighted by molar-refractivity contribution is -0.183. The van der Waals surface area contributed by atoms with Crippen molar-refractivity contribution in [2.45, 2.75) is 39.3 Å². The number of ketones is 1. The molecule has 0 radical (unpaired) electrons. The van der Waals surface area contributed by atoms with Crippen LogP contribution in [0.4, 0.5) is 0 Å². The molecule has 0 saturated carbocycles. The highest BCUT2D eigenvalue weighted by Crippen LogP contribution is 2.26. The molecule has 1 heterocycles. The highest BCUT2D eigenvalue weighted by atomic mass is 16.6. The molecule has 14 heavy (non-hydrogen) atoms. The van der Waals surface area contributed by atoms with Crippen molar-refractivity contribution in [3.63, 3.8) is 0 Å². The van der Waals surface area contributed by atoms with E-state index in [-0.39, 0.29) is 36.1 Å². The second-order valence-corrected chi connectivity index (χ2v) is 4.19. The molecule has 0 bridgehead atoms. The molecular formula is C10H17NO3. The molecule has 0 amide bonds. The number of ether oxygens (including phenoxy) is 1. The fraction of sp³-hybridized carbons (Fsp3) is 0.800. The maximum absolute atomic E-state index is 11.5. The van der Waals surface area contributed by atoms with Gasteiger partial charge in [-0.1, -0.05) is 13.8 Å². The maximum Gasteiger partial charge on any atom is 0.313 e. The van der Waals surface area contributed by atoms with Gasteiger partial charge in [-0.05, 0) is 12.8 Å². The summed E-state index contributed by atoms with van der Waals surface area (Å²) in [6, 6.07) is -0.462. The molecule has 0 aromatic rings. The largest absolute Gasteiger partial charge is 0.461 e. The number of hydrogen-bond acceptors (Lipinski definition) is 4. The summed E-state index contributed by atoms with van der Waals surface area (Å²) in [5.41, 5.74) is 5.68. The molecule has 4 nitrogen and oxygen atoms in total. The number of carbonyl (C=O) groups is 2. The summed E-state index contributed by atoms with van der Waals surface area (Å²) >= 11 is 0. The average Bonchev–Trinajstić information content (AvgIpc) is 2.12. The molecule has 1 aliphatic rings. The fourth-order valence-corrected chi connectivity index (χ4v) is 1.45. The summed E-state index contributed by atoms with van der Waals surface area (Å²) in [5.74, 6) is -0.475. The van der Waals surface area contributed by atoms with Gasteiger partial charge in [0, 0.05) is 6.42 Å². The van der Waals surface area contributed by atoms with Gasteiger partial charge in [0.25, 0.3) is 0 Å². The number of nitrogens with two attached hydrogens (primary N) is 1. The smallest absolute Gasteiger partial charge is 0.313 e. The second-order valence-electron chi connectivity index (χ2n) is 4.19.